The molecular formula is C18H29NO4. The first-order valence-corrected chi connectivity index (χ1v) is 8.02. The summed E-state index contributed by atoms with van der Waals surface area (Å²) in [7, 11) is 0. The Morgan fingerprint density at radius 2 is 1.83 bits per heavy atom. The molecule has 0 saturated carbocycles. The van der Waals surface area contributed by atoms with Crippen molar-refractivity contribution in [2.75, 3.05) is 6.61 Å². The third-order valence-electron chi connectivity index (χ3n) is 3.86. The number of primary amides is 1. The summed E-state index contributed by atoms with van der Waals surface area (Å²) in [4.78, 5) is 11.2. The van der Waals surface area contributed by atoms with Crippen LogP contribution in [0.1, 0.15) is 52.7 Å². The van der Waals surface area contributed by atoms with E-state index in [2.05, 4.69) is 13.8 Å². The Morgan fingerprint density at radius 3 is 2.26 bits per heavy atom. The number of carbonyl (C=O) groups excluding carboxylic acids is 1. The second kappa shape index (κ2) is 8.20. The highest BCUT2D eigenvalue weighted by Gasteiger charge is 2.34. The maximum Gasteiger partial charge on any atom is 0.405 e. The van der Waals surface area contributed by atoms with E-state index in [1.807, 2.05) is 32.9 Å². The third kappa shape index (κ3) is 6.10. The number of nitrogens with two attached hydrogens (primary N) is 1. The lowest BCUT2D eigenvalue weighted by Crippen LogP contribution is -2.36. The molecule has 0 heterocycles. The summed E-state index contributed by atoms with van der Waals surface area (Å²) in [6.07, 6.45) is -1.53. The van der Waals surface area contributed by atoms with Gasteiger partial charge in [-0.15, -0.1) is 0 Å². The van der Waals surface area contributed by atoms with Crippen molar-refractivity contribution in [2.24, 2.45) is 17.1 Å². The Morgan fingerprint density at radius 1 is 1.26 bits per heavy atom. The SMILES string of the molecule is CC[C@H](C)COc1ccc([C@@H](OC(N)=O)C(O)C(C)(C)C)cc1. The van der Waals surface area contributed by atoms with Crippen molar-refractivity contribution < 1.29 is 19.4 Å². The number of rotatable bonds is 7. The zero-order chi connectivity index (χ0) is 17.6. The molecule has 0 saturated heterocycles. The van der Waals surface area contributed by atoms with Gasteiger partial charge >= 0.3 is 6.09 Å². The summed E-state index contributed by atoms with van der Waals surface area (Å²) < 4.78 is 10.8. The fourth-order valence-corrected chi connectivity index (χ4v) is 2.00. The minimum atomic E-state index is -0.907. The summed E-state index contributed by atoms with van der Waals surface area (Å²) >= 11 is 0. The zero-order valence-electron chi connectivity index (χ0n) is 14.7. The van der Waals surface area contributed by atoms with Crippen LogP contribution in [0.5, 0.6) is 5.75 Å². The molecule has 3 N–H and O–H groups in total. The summed E-state index contributed by atoms with van der Waals surface area (Å²) in [5, 5.41) is 10.5. The van der Waals surface area contributed by atoms with Crippen LogP contribution in [-0.2, 0) is 4.74 Å². The molecule has 3 atom stereocenters. The van der Waals surface area contributed by atoms with Gasteiger partial charge in [0.1, 0.15) is 11.9 Å². The zero-order valence-corrected chi connectivity index (χ0v) is 14.7. The van der Waals surface area contributed by atoms with E-state index in [0.29, 0.717) is 18.1 Å². The van der Waals surface area contributed by atoms with Gasteiger partial charge in [0, 0.05) is 0 Å². The van der Waals surface area contributed by atoms with E-state index in [-0.39, 0.29) is 0 Å². The first-order valence-electron chi connectivity index (χ1n) is 8.02. The highest BCUT2D eigenvalue weighted by atomic mass is 16.6. The second-order valence-corrected chi connectivity index (χ2v) is 7.06. The molecule has 5 nitrogen and oxygen atoms in total. The summed E-state index contributed by atoms with van der Waals surface area (Å²) in [5.74, 6) is 1.24. The van der Waals surface area contributed by atoms with Gasteiger partial charge in [0.15, 0.2) is 6.10 Å². The van der Waals surface area contributed by atoms with Crippen LogP contribution in [0.4, 0.5) is 4.79 Å². The van der Waals surface area contributed by atoms with Gasteiger partial charge in [0.2, 0.25) is 0 Å². The van der Waals surface area contributed by atoms with E-state index in [0.717, 1.165) is 12.2 Å². The molecule has 1 rings (SSSR count). The lowest BCUT2D eigenvalue weighted by Gasteiger charge is -2.32. The molecule has 0 aromatic heterocycles. The van der Waals surface area contributed by atoms with Crippen molar-refractivity contribution in [2.45, 2.75) is 53.2 Å². The molecular weight excluding hydrogens is 294 g/mol. The van der Waals surface area contributed by atoms with Crippen molar-refractivity contribution >= 4 is 6.09 Å². The van der Waals surface area contributed by atoms with Gasteiger partial charge in [0.05, 0.1) is 6.61 Å². The molecule has 1 aromatic carbocycles. The highest BCUT2D eigenvalue weighted by molar-refractivity contribution is 5.65. The molecule has 0 aliphatic heterocycles. The Hall–Kier alpha value is -1.75. The van der Waals surface area contributed by atoms with Gasteiger partial charge in [-0.25, -0.2) is 4.79 Å². The molecule has 23 heavy (non-hydrogen) atoms. The summed E-state index contributed by atoms with van der Waals surface area (Å²) in [5.41, 5.74) is 5.37. The number of ether oxygens (including phenoxy) is 2. The predicted octanol–water partition coefficient (Wildman–Crippen LogP) is 3.65. The van der Waals surface area contributed by atoms with E-state index >= 15 is 0 Å². The Labute approximate surface area is 138 Å². The average molecular weight is 323 g/mol. The summed E-state index contributed by atoms with van der Waals surface area (Å²) in [6.45, 7) is 10.5. The molecule has 1 unspecified atom stereocenters. The van der Waals surface area contributed by atoms with Crippen molar-refractivity contribution in [3.05, 3.63) is 29.8 Å². The number of aliphatic hydroxyl groups excluding tert-OH is 1. The normalized spacial score (nSPS) is 15.6. The van der Waals surface area contributed by atoms with Crippen molar-refractivity contribution in [3.63, 3.8) is 0 Å². The van der Waals surface area contributed by atoms with Crippen LogP contribution >= 0.6 is 0 Å². The maximum atomic E-state index is 11.2. The standard InChI is InChI=1S/C18H29NO4/c1-6-12(2)11-22-14-9-7-13(8-10-14)15(23-17(19)21)16(20)18(3,4)5/h7-10,12,15-16,20H,6,11H2,1-5H3,(H2,19,21)/t12-,15+,16?/m0/s1. The van der Waals surface area contributed by atoms with Gasteiger partial charge in [-0.3, -0.25) is 0 Å². The van der Waals surface area contributed by atoms with E-state index in [4.69, 9.17) is 15.2 Å². The average Bonchev–Trinajstić information content (AvgIpc) is 2.49. The lowest BCUT2D eigenvalue weighted by molar-refractivity contribution is -0.0508. The molecule has 1 aromatic rings. The van der Waals surface area contributed by atoms with Crippen LogP contribution in [0.15, 0.2) is 24.3 Å². The number of carbonyl (C=O) groups is 1. The van der Waals surface area contributed by atoms with Crippen LogP contribution in [0.2, 0.25) is 0 Å². The van der Waals surface area contributed by atoms with Gasteiger partial charge < -0.3 is 20.3 Å². The first-order chi connectivity index (χ1) is 10.6. The lowest BCUT2D eigenvalue weighted by atomic mass is 9.83. The number of hydrogen-bond acceptors (Lipinski definition) is 4. The predicted molar refractivity (Wildman–Crippen MR) is 90.3 cm³/mol. The molecule has 5 heteroatoms. The van der Waals surface area contributed by atoms with Gasteiger partial charge in [0.25, 0.3) is 0 Å². The minimum absolute atomic E-state index is 0.453. The Bertz CT molecular complexity index is 493. The first kappa shape index (κ1) is 19.3. The fraction of sp³-hybridized carbons (Fsp3) is 0.611. The van der Waals surface area contributed by atoms with Crippen molar-refractivity contribution in [3.8, 4) is 5.75 Å². The van der Waals surface area contributed by atoms with E-state index in [1.165, 1.54) is 0 Å². The largest absolute Gasteiger partial charge is 0.493 e. The van der Waals surface area contributed by atoms with E-state index in [1.54, 1.807) is 12.1 Å². The highest BCUT2D eigenvalue weighted by Crippen LogP contribution is 2.33. The molecule has 0 radical (unpaired) electrons. The summed E-state index contributed by atoms with van der Waals surface area (Å²) in [6, 6.07) is 7.19. The van der Waals surface area contributed by atoms with E-state index in [9.17, 15) is 9.90 Å². The number of aliphatic hydroxyl groups is 1. The van der Waals surface area contributed by atoms with Crippen LogP contribution in [0.3, 0.4) is 0 Å². The van der Waals surface area contributed by atoms with Crippen LogP contribution in [-0.4, -0.2) is 23.9 Å². The molecule has 130 valence electrons. The fourth-order valence-electron chi connectivity index (χ4n) is 2.00. The van der Waals surface area contributed by atoms with Gasteiger partial charge in [-0.1, -0.05) is 53.2 Å². The smallest absolute Gasteiger partial charge is 0.405 e. The quantitative estimate of drug-likeness (QED) is 0.802. The van der Waals surface area contributed by atoms with Crippen LogP contribution in [0.25, 0.3) is 0 Å². The molecule has 0 aliphatic carbocycles. The van der Waals surface area contributed by atoms with Crippen LogP contribution < -0.4 is 10.5 Å². The van der Waals surface area contributed by atoms with Gasteiger partial charge in [-0.2, -0.15) is 0 Å². The molecule has 0 aliphatic rings. The topological polar surface area (TPSA) is 81.8 Å². The van der Waals surface area contributed by atoms with Gasteiger partial charge in [-0.05, 0) is 29.0 Å². The maximum absolute atomic E-state index is 11.2. The minimum Gasteiger partial charge on any atom is -0.493 e. The number of amides is 1. The third-order valence-corrected chi connectivity index (χ3v) is 3.86. The Balaban J connectivity index is 2.89. The van der Waals surface area contributed by atoms with Crippen LogP contribution in [0, 0.1) is 11.3 Å². The monoisotopic (exact) mass is 323 g/mol. The van der Waals surface area contributed by atoms with Crippen molar-refractivity contribution in [1.29, 1.82) is 0 Å². The number of hydrogen-bond donors (Lipinski definition) is 2. The molecule has 1 amide bonds. The second-order valence-electron chi connectivity index (χ2n) is 7.06. The molecule has 0 fully saturated rings. The molecule has 0 bridgehead atoms. The Kier molecular flexibility index (Phi) is 6.88. The number of benzene rings is 1. The van der Waals surface area contributed by atoms with E-state index < -0.39 is 23.7 Å². The van der Waals surface area contributed by atoms with Crippen molar-refractivity contribution in [1.82, 2.24) is 0 Å². The molecule has 0 spiro atoms.